The number of benzene rings is 1. The molecule has 1 aliphatic heterocycles. The Labute approximate surface area is 190 Å². The number of hydrogen-bond donors (Lipinski definition) is 2. The highest BCUT2D eigenvalue weighted by atomic mass is 35.5. The summed E-state index contributed by atoms with van der Waals surface area (Å²) in [7, 11) is -4.29. The number of anilines is 1. The van der Waals surface area contributed by atoms with Crippen LogP contribution in [0.1, 0.15) is 63.5 Å². The molecule has 1 heterocycles. The molecule has 0 radical (unpaired) electrons. The van der Waals surface area contributed by atoms with Crippen molar-refractivity contribution in [1.29, 1.82) is 0 Å². The fraction of sp³-hybridized carbons (Fsp3) is 0.600. The molecule has 1 saturated heterocycles. The Kier molecular flexibility index (Phi) is 8.09. The maximum absolute atomic E-state index is 12.6. The minimum absolute atomic E-state index is 0.0197. The lowest BCUT2D eigenvalue weighted by molar-refractivity contribution is -0.163. The Balaban J connectivity index is 2.16. The summed E-state index contributed by atoms with van der Waals surface area (Å²) in [5.74, 6) is -0.964. The molecular formula is C20H27ClF3N3O4S. The first kappa shape index (κ1) is 26.2. The molecule has 32 heavy (non-hydrogen) atoms. The Morgan fingerprint density at radius 3 is 2.16 bits per heavy atom. The number of urea groups is 1. The molecule has 1 aliphatic rings. The Hall–Kier alpha value is -2.01. The predicted octanol–water partition coefficient (Wildman–Crippen LogP) is 4.59. The minimum atomic E-state index is -4.57. The van der Waals surface area contributed by atoms with Crippen LogP contribution in [0.25, 0.3) is 0 Å². The third-order valence-electron chi connectivity index (χ3n) is 5.17. The van der Waals surface area contributed by atoms with Crippen LogP contribution in [-0.2, 0) is 14.8 Å². The normalized spacial score (nSPS) is 17.8. The monoisotopic (exact) mass is 497 g/mol. The van der Waals surface area contributed by atoms with Crippen LogP contribution in [0.4, 0.5) is 23.7 Å². The molecule has 2 N–H and O–H groups in total. The molecule has 0 spiro atoms. The second-order valence-electron chi connectivity index (χ2n) is 8.42. The van der Waals surface area contributed by atoms with Crippen molar-refractivity contribution in [3.63, 3.8) is 0 Å². The Morgan fingerprint density at radius 1 is 1.19 bits per heavy atom. The van der Waals surface area contributed by atoms with Crippen LogP contribution in [0.15, 0.2) is 12.1 Å². The van der Waals surface area contributed by atoms with E-state index < -0.39 is 46.4 Å². The van der Waals surface area contributed by atoms with E-state index in [1.807, 2.05) is 32.4 Å². The summed E-state index contributed by atoms with van der Waals surface area (Å²) in [6, 6.07) is 2.37. The lowest BCUT2D eigenvalue weighted by Crippen LogP contribution is -2.50. The zero-order valence-electron chi connectivity index (χ0n) is 18.2. The summed E-state index contributed by atoms with van der Waals surface area (Å²) in [5.41, 5.74) is 1.90. The fourth-order valence-electron chi connectivity index (χ4n) is 3.56. The van der Waals surface area contributed by atoms with Gasteiger partial charge in [0.1, 0.15) is 6.54 Å². The van der Waals surface area contributed by atoms with E-state index in [1.54, 1.807) is 12.1 Å². The van der Waals surface area contributed by atoms with Gasteiger partial charge < -0.3 is 10.2 Å². The van der Waals surface area contributed by atoms with E-state index in [4.69, 9.17) is 11.6 Å². The second-order valence-corrected chi connectivity index (χ2v) is 10.8. The van der Waals surface area contributed by atoms with Crippen molar-refractivity contribution >= 4 is 39.2 Å². The van der Waals surface area contributed by atoms with Gasteiger partial charge in [-0.25, -0.2) is 17.9 Å². The molecule has 0 aliphatic carbocycles. The number of hydrogen-bond acceptors (Lipinski definition) is 4. The van der Waals surface area contributed by atoms with E-state index in [2.05, 4.69) is 5.32 Å². The molecule has 1 fully saturated rings. The number of carbonyl (C=O) groups is 2. The average molecular weight is 498 g/mol. The van der Waals surface area contributed by atoms with Crippen LogP contribution in [0, 0.1) is 0 Å². The smallest absolute Gasteiger partial charge is 0.334 e. The zero-order valence-corrected chi connectivity index (χ0v) is 19.8. The van der Waals surface area contributed by atoms with E-state index in [0.29, 0.717) is 15.6 Å². The first-order valence-corrected chi connectivity index (χ1v) is 12.0. The lowest BCUT2D eigenvalue weighted by atomic mass is 9.92. The molecule has 1 aromatic rings. The number of piperidine rings is 1. The number of rotatable bonds is 6. The molecule has 7 nitrogen and oxygen atoms in total. The van der Waals surface area contributed by atoms with Crippen molar-refractivity contribution in [2.24, 2.45) is 0 Å². The highest BCUT2D eigenvalue weighted by molar-refractivity contribution is 7.90. The van der Waals surface area contributed by atoms with Gasteiger partial charge in [0.2, 0.25) is 15.9 Å². The lowest BCUT2D eigenvalue weighted by Gasteiger charge is -2.31. The highest BCUT2D eigenvalue weighted by Crippen LogP contribution is 2.35. The minimum Gasteiger partial charge on any atom is -0.334 e. The molecule has 1 aromatic carbocycles. The van der Waals surface area contributed by atoms with Crippen molar-refractivity contribution in [2.45, 2.75) is 63.8 Å². The van der Waals surface area contributed by atoms with Crippen LogP contribution >= 0.6 is 11.6 Å². The molecular weight excluding hydrogens is 471 g/mol. The van der Waals surface area contributed by atoms with Crippen molar-refractivity contribution in [3.05, 3.63) is 28.3 Å². The number of alkyl halides is 3. The van der Waals surface area contributed by atoms with Gasteiger partial charge in [0, 0.05) is 23.7 Å². The number of halogens is 4. The number of nitrogens with zero attached hydrogens (tertiary/aromatic N) is 1. The number of sulfonamides is 1. The first-order valence-electron chi connectivity index (χ1n) is 10.1. The van der Waals surface area contributed by atoms with Gasteiger partial charge in [0.25, 0.3) is 0 Å². The van der Waals surface area contributed by atoms with Gasteiger partial charge in [-0.2, -0.15) is 13.2 Å². The number of amides is 3. The number of likely N-dealkylation sites (tertiary alicyclic amines) is 1. The van der Waals surface area contributed by atoms with Crippen molar-refractivity contribution in [2.75, 3.05) is 18.4 Å². The standard InChI is InChI=1S/C20H27ClF3N3O4S/c1-11(2)15-7-13(21)8-16(12(3)4)18(15)25-19(29)26-32(30,31)14-5-6-27(17(28)9-14)10-20(22,23)24/h7-8,11-12,14H,5-6,9-10H2,1-4H3,(H2,25,26,29). The maximum atomic E-state index is 12.6. The van der Waals surface area contributed by atoms with E-state index in [9.17, 15) is 31.2 Å². The van der Waals surface area contributed by atoms with E-state index >= 15 is 0 Å². The fourth-order valence-corrected chi connectivity index (χ4v) is 5.04. The summed E-state index contributed by atoms with van der Waals surface area (Å²) in [4.78, 5) is 25.1. The van der Waals surface area contributed by atoms with E-state index in [-0.39, 0.29) is 24.8 Å². The van der Waals surface area contributed by atoms with Crippen molar-refractivity contribution in [3.8, 4) is 0 Å². The molecule has 1 unspecified atom stereocenters. The van der Waals surface area contributed by atoms with Gasteiger partial charge in [-0.05, 0) is 41.5 Å². The molecule has 180 valence electrons. The largest absolute Gasteiger partial charge is 0.406 e. The van der Waals surface area contributed by atoms with E-state index in [1.165, 1.54) is 0 Å². The number of nitrogens with one attached hydrogen (secondary N) is 2. The van der Waals surface area contributed by atoms with Gasteiger partial charge in [-0.1, -0.05) is 39.3 Å². The average Bonchev–Trinajstić information content (AvgIpc) is 2.62. The van der Waals surface area contributed by atoms with Crippen LogP contribution < -0.4 is 10.0 Å². The van der Waals surface area contributed by atoms with Gasteiger partial charge in [0.05, 0.1) is 5.25 Å². The molecule has 3 amide bonds. The van der Waals surface area contributed by atoms with E-state index in [0.717, 1.165) is 11.1 Å². The summed E-state index contributed by atoms with van der Waals surface area (Å²) >= 11 is 6.19. The van der Waals surface area contributed by atoms with Crippen LogP contribution in [0.3, 0.4) is 0 Å². The van der Waals surface area contributed by atoms with Crippen LogP contribution in [-0.4, -0.2) is 49.8 Å². The number of carbonyl (C=O) groups excluding carboxylic acids is 2. The van der Waals surface area contributed by atoms with Gasteiger partial charge in [0.15, 0.2) is 0 Å². The Morgan fingerprint density at radius 2 is 1.72 bits per heavy atom. The highest BCUT2D eigenvalue weighted by Gasteiger charge is 2.40. The molecule has 12 heteroatoms. The second kappa shape index (κ2) is 9.86. The van der Waals surface area contributed by atoms with Crippen LogP contribution in [0.5, 0.6) is 0 Å². The maximum Gasteiger partial charge on any atom is 0.406 e. The molecule has 0 aromatic heterocycles. The predicted molar refractivity (Wildman–Crippen MR) is 116 cm³/mol. The summed E-state index contributed by atoms with van der Waals surface area (Å²) in [5, 5.41) is 1.77. The molecule has 2 rings (SSSR count). The van der Waals surface area contributed by atoms with Gasteiger partial charge >= 0.3 is 12.2 Å². The summed E-state index contributed by atoms with van der Waals surface area (Å²) in [6.45, 7) is 5.80. The van der Waals surface area contributed by atoms with Crippen molar-refractivity contribution in [1.82, 2.24) is 9.62 Å². The van der Waals surface area contributed by atoms with Gasteiger partial charge in [-0.3, -0.25) is 4.79 Å². The summed E-state index contributed by atoms with van der Waals surface area (Å²) < 4.78 is 64.8. The van der Waals surface area contributed by atoms with Gasteiger partial charge in [-0.15, -0.1) is 0 Å². The topological polar surface area (TPSA) is 95.6 Å². The third-order valence-corrected chi connectivity index (χ3v) is 7.13. The SMILES string of the molecule is CC(C)c1cc(Cl)cc(C(C)C)c1NC(=O)NS(=O)(=O)C1CCN(CC(F)(F)F)C(=O)C1. The Bertz CT molecular complexity index is 952. The molecule has 0 saturated carbocycles. The molecule has 1 atom stereocenters. The molecule has 0 bridgehead atoms. The first-order chi connectivity index (χ1) is 14.6. The zero-order chi connectivity index (χ0) is 24.4. The third kappa shape index (κ3) is 6.74. The quantitative estimate of drug-likeness (QED) is 0.600. The van der Waals surface area contributed by atoms with Crippen LogP contribution in [0.2, 0.25) is 5.02 Å². The summed E-state index contributed by atoms with van der Waals surface area (Å²) in [6.07, 6.45) is -5.41. The van der Waals surface area contributed by atoms with Crippen molar-refractivity contribution < 1.29 is 31.2 Å².